The summed E-state index contributed by atoms with van der Waals surface area (Å²) in [5, 5.41) is 0. The van der Waals surface area contributed by atoms with Crippen molar-refractivity contribution in [2.24, 2.45) is 5.41 Å². The van der Waals surface area contributed by atoms with Gasteiger partial charge in [0.25, 0.3) is 0 Å². The fraction of sp³-hybridized carbons (Fsp3) is 0.391. The molecule has 3 aromatic rings. The molecule has 1 aliphatic carbocycles. The number of hydrogen-bond acceptors (Lipinski definition) is 2. The average Bonchev–Trinajstić information content (AvgIpc) is 3.29. The Balaban J connectivity index is 1.31. The molecule has 2 fully saturated rings. The molecule has 1 saturated carbocycles. The molecule has 5 rings (SSSR count). The number of anilines is 1. The number of alkyl halides is 3. The van der Waals surface area contributed by atoms with E-state index in [1.165, 1.54) is 6.07 Å². The third kappa shape index (κ3) is 3.36. The quantitative estimate of drug-likeness (QED) is 0.589. The molecule has 1 spiro atoms. The van der Waals surface area contributed by atoms with Crippen LogP contribution in [-0.2, 0) is 11.0 Å². The fourth-order valence-corrected chi connectivity index (χ4v) is 4.97. The molecule has 2 aromatic carbocycles. The second-order valence-electron chi connectivity index (χ2n) is 8.62. The lowest BCUT2D eigenvalue weighted by molar-refractivity contribution is -0.137. The molecule has 0 bridgehead atoms. The molecule has 2 aliphatic rings. The van der Waals surface area contributed by atoms with E-state index in [1.807, 2.05) is 35.2 Å². The van der Waals surface area contributed by atoms with E-state index in [4.69, 9.17) is 0 Å². The zero-order valence-corrected chi connectivity index (χ0v) is 16.4. The van der Waals surface area contributed by atoms with Crippen molar-refractivity contribution in [1.82, 2.24) is 9.97 Å². The van der Waals surface area contributed by atoms with Crippen LogP contribution < -0.4 is 4.90 Å². The number of rotatable bonds is 2. The smallest absolute Gasteiger partial charge is 0.342 e. The van der Waals surface area contributed by atoms with Crippen LogP contribution in [0.3, 0.4) is 0 Å². The normalized spacial score (nSPS) is 24.8. The summed E-state index contributed by atoms with van der Waals surface area (Å²) in [6, 6.07) is 13.4. The molecule has 1 amide bonds. The van der Waals surface area contributed by atoms with Gasteiger partial charge in [-0.05, 0) is 61.4 Å². The predicted octanol–water partition coefficient (Wildman–Crippen LogP) is 5.66. The lowest BCUT2D eigenvalue weighted by Gasteiger charge is -2.36. The van der Waals surface area contributed by atoms with Gasteiger partial charge in [-0.25, -0.2) is 4.98 Å². The predicted molar refractivity (Wildman–Crippen MR) is 108 cm³/mol. The number of carbonyl (C=O) groups is 1. The topological polar surface area (TPSA) is 49.0 Å². The SMILES string of the molecule is O=C1C[C@]2(CC[C@H](c3nc4cc(C(F)(F)F)ccc4[nH]3)CC2)CN1c1ccccc1. The number of fused-ring (bicyclic) bond motifs is 1. The van der Waals surface area contributed by atoms with E-state index in [-0.39, 0.29) is 17.2 Å². The van der Waals surface area contributed by atoms with E-state index in [1.54, 1.807) is 0 Å². The van der Waals surface area contributed by atoms with Crippen molar-refractivity contribution < 1.29 is 18.0 Å². The lowest BCUT2D eigenvalue weighted by atomic mass is 9.69. The van der Waals surface area contributed by atoms with Gasteiger partial charge in [0.15, 0.2) is 0 Å². The monoisotopic (exact) mass is 413 g/mol. The van der Waals surface area contributed by atoms with Crippen molar-refractivity contribution in [2.45, 2.75) is 44.2 Å². The molecular weight excluding hydrogens is 391 g/mol. The number of aromatic amines is 1. The maximum Gasteiger partial charge on any atom is 0.416 e. The van der Waals surface area contributed by atoms with E-state index in [0.717, 1.165) is 55.9 Å². The second-order valence-corrected chi connectivity index (χ2v) is 8.62. The van der Waals surface area contributed by atoms with Gasteiger partial charge in [0.05, 0.1) is 16.6 Å². The minimum absolute atomic E-state index is 0.0150. The van der Waals surface area contributed by atoms with Crippen LogP contribution >= 0.6 is 0 Å². The number of carbonyl (C=O) groups excluding carboxylic acids is 1. The van der Waals surface area contributed by atoms with Crippen LogP contribution in [0.2, 0.25) is 0 Å². The van der Waals surface area contributed by atoms with Gasteiger partial charge in [0.2, 0.25) is 5.91 Å². The van der Waals surface area contributed by atoms with Gasteiger partial charge in [-0.1, -0.05) is 18.2 Å². The first-order valence-corrected chi connectivity index (χ1v) is 10.3. The minimum Gasteiger partial charge on any atom is -0.342 e. The lowest BCUT2D eigenvalue weighted by Crippen LogP contribution is -2.31. The highest BCUT2D eigenvalue weighted by atomic mass is 19.4. The summed E-state index contributed by atoms with van der Waals surface area (Å²) in [4.78, 5) is 22.2. The van der Waals surface area contributed by atoms with E-state index < -0.39 is 11.7 Å². The van der Waals surface area contributed by atoms with Crippen molar-refractivity contribution in [2.75, 3.05) is 11.4 Å². The second kappa shape index (κ2) is 6.86. The molecule has 7 heteroatoms. The number of benzene rings is 2. The molecule has 0 radical (unpaired) electrons. The number of para-hydroxylation sites is 1. The third-order valence-corrected chi connectivity index (χ3v) is 6.65. The summed E-state index contributed by atoms with van der Waals surface area (Å²) in [5.74, 6) is 1.10. The number of halogens is 3. The van der Waals surface area contributed by atoms with Crippen LogP contribution in [0.4, 0.5) is 18.9 Å². The van der Waals surface area contributed by atoms with Gasteiger partial charge in [-0.3, -0.25) is 4.79 Å². The van der Waals surface area contributed by atoms with E-state index in [0.29, 0.717) is 17.5 Å². The van der Waals surface area contributed by atoms with Gasteiger partial charge in [-0.15, -0.1) is 0 Å². The van der Waals surface area contributed by atoms with E-state index >= 15 is 0 Å². The summed E-state index contributed by atoms with van der Waals surface area (Å²) in [6.45, 7) is 0.734. The van der Waals surface area contributed by atoms with Gasteiger partial charge in [0, 0.05) is 24.6 Å². The maximum absolute atomic E-state index is 13.0. The van der Waals surface area contributed by atoms with Gasteiger partial charge >= 0.3 is 6.18 Å². The molecule has 1 saturated heterocycles. The Morgan fingerprint density at radius 1 is 1.07 bits per heavy atom. The molecule has 30 heavy (non-hydrogen) atoms. The first kappa shape index (κ1) is 19.2. The summed E-state index contributed by atoms with van der Waals surface area (Å²) in [6.07, 6.45) is -0.229. The Morgan fingerprint density at radius 3 is 2.50 bits per heavy atom. The van der Waals surface area contributed by atoms with Crippen LogP contribution in [-0.4, -0.2) is 22.4 Å². The molecule has 156 valence electrons. The third-order valence-electron chi connectivity index (χ3n) is 6.65. The summed E-state index contributed by atoms with van der Waals surface area (Å²) in [5.41, 5.74) is 1.23. The van der Waals surface area contributed by atoms with Crippen LogP contribution in [0, 0.1) is 5.41 Å². The zero-order chi connectivity index (χ0) is 20.9. The van der Waals surface area contributed by atoms with Crippen LogP contribution in [0.25, 0.3) is 11.0 Å². The van der Waals surface area contributed by atoms with Crippen molar-refractivity contribution in [3.05, 3.63) is 59.9 Å². The Hall–Kier alpha value is -2.83. The largest absolute Gasteiger partial charge is 0.416 e. The number of H-pyrrole nitrogens is 1. The fourth-order valence-electron chi connectivity index (χ4n) is 4.97. The van der Waals surface area contributed by atoms with E-state index in [2.05, 4.69) is 9.97 Å². The Morgan fingerprint density at radius 2 is 1.80 bits per heavy atom. The molecular formula is C23H22F3N3O. The van der Waals surface area contributed by atoms with Crippen molar-refractivity contribution in [3.8, 4) is 0 Å². The highest BCUT2D eigenvalue weighted by Crippen LogP contribution is 2.49. The number of nitrogens with zero attached hydrogens (tertiary/aromatic N) is 2. The molecule has 4 nitrogen and oxygen atoms in total. The molecule has 1 aromatic heterocycles. The van der Waals surface area contributed by atoms with E-state index in [9.17, 15) is 18.0 Å². The maximum atomic E-state index is 13.0. The summed E-state index contributed by atoms with van der Waals surface area (Å²) < 4.78 is 38.9. The molecule has 2 heterocycles. The van der Waals surface area contributed by atoms with Crippen molar-refractivity contribution >= 4 is 22.6 Å². The molecule has 0 unspecified atom stereocenters. The van der Waals surface area contributed by atoms with Crippen molar-refractivity contribution in [3.63, 3.8) is 0 Å². The van der Waals surface area contributed by atoms with Gasteiger partial charge in [0.1, 0.15) is 5.82 Å². The first-order valence-electron chi connectivity index (χ1n) is 10.3. The number of hydrogen-bond donors (Lipinski definition) is 1. The van der Waals surface area contributed by atoms with Crippen LogP contribution in [0.15, 0.2) is 48.5 Å². The number of imidazole rings is 1. The molecule has 1 N–H and O–H groups in total. The molecule has 1 aliphatic heterocycles. The van der Waals surface area contributed by atoms with Crippen molar-refractivity contribution in [1.29, 1.82) is 0 Å². The van der Waals surface area contributed by atoms with Gasteiger partial charge in [-0.2, -0.15) is 13.2 Å². The Kier molecular flexibility index (Phi) is 4.38. The molecule has 0 atom stereocenters. The highest BCUT2D eigenvalue weighted by Gasteiger charge is 2.46. The standard InChI is InChI=1S/C23H22F3N3O/c24-23(25,26)16-6-7-18-19(12-16)28-21(27-18)15-8-10-22(11-9-15)13-20(30)29(14-22)17-4-2-1-3-5-17/h1-7,12,15H,8-11,13-14H2,(H,27,28)/t15-,22+. The highest BCUT2D eigenvalue weighted by molar-refractivity contribution is 5.96. The Bertz CT molecular complexity index is 1080. The summed E-state index contributed by atoms with van der Waals surface area (Å²) >= 11 is 0. The summed E-state index contributed by atoms with van der Waals surface area (Å²) in [7, 11) is 0. The first-order chi connectivity index (χ1) is 14.3. The number of aromatic nitrogens is 2. The van der Waals surface area contributed by atoms with Crippen LogP contribution in [0.5, 0.6) is 0 Å². The number of amides is 1. The average molecular weight is 413 g/mol. The zero-order valence-electron chi connectivity index (χ0n) is 16.4. The minimum atomic E-state index is -4.37. The van der Waals surface area contributed by atoms with Crippen LogP contribution in [0.1, 0.15) is 49.4 Å². The Labute approximate surface area is 172 Å². The van der Waals surface area contributed by atoms with Gasteiger partial charge < -0.3 is 9.88 Å². The number of nitrogens with one attached hydrogen (secondary N) is 1.